The Hall–Kier alpha value is -1.36. The van der Waals surface area contributed by atoms with E-state index in [0.29, 0.717) is 12.0 Å². The van der Waals surface area contributed by atoms with Crippen LogP contribution in [-0.2, 0) is 6.54 Å². The van der Waals surface area contributed by atoms with Crippen LogP contribution in [-0.4, -0.2) is 38.7 Å². The largest absolute Gasteiger partial charge is 0.411 e. The van der Waals surface area contributed by atoms with Crippen LogP contribution in [0.4, 0.5) is 0 Å². The second-order valence-electron chi connectivity index (χ2n) is 5.52. The van der Waals surface area contributed by atoms with E-state index in [-0.39, 0.29) is 0 Å². The Morgan fingerprint density at radius 3 is 3.00 bits per heavy atom. The molecule has 1 aromatic rings. The molecule has 2 unspecified atom stereocenters. The zero-order valence-corrected chi connectivity index (χ0v) is 12.1. The van der Waals surface area contributed by atoms with Crippen molar-refractivity contribution in [1.29, 1.82) is 0 Å². The molecule has 0 radical (unpaired) electrons. The minimum atomic E-state index is 0.329. The number of nitrogens with zero attached hydrogens (tertiary/aromatic N) is 4. The smallest absolute Gasteiger partial charge is 0.0764 e. The van der Waals surface area contributed by atoms with Gasteiger partial charge in [-0.15, -0.1) is 0 Å². The molecule has 2 rings (SSSR count). The Morgan fingerprint density at radius 1 is 1.58 bits per heavy atom. The Bertz CT molecular complexity index is 440. The summed E-state index contributed by atoms with van der Waals surface area (Å²) < 4.78 is 2.04. The van der Waals surface area contributed by atoms with Crippen molar-refractivity contribution in [2.75, 3.05) is 13.1 Å². The third-order valence-corrected chi connectivity index (χ3v) is 4.01. The molecule has 2 atom stereocenters. The summed E-state index contributed by atoms with van der Waals surface area (Å²) in [5.41, 5.74) is 2.04. The zero-order chi connectivity index (χ0) is 13.8. The first-order valence-corrected chi connectivity index (χ1v) is 7.11. The van der Waals surface area contributed by atoms with E-state index in [4.69, 9.17) is 5.21 Å². The molecular formula is C14H24N4O. The molecule has 0 bridgehead atoms. The molecule has 1 aliphatic rings. The van der Waals surface area contributed by atoms with Crippen molar-refractivity contribution in [1.82, 2.24) is 14.7 Å². The predicted octanol–water partition coefficient (Wildman–Crippen LogP) is 2.53. The van der Waals surface area contributed by atoms with Gasteiger partial charge < -0.3 is 5.21 Å². The molecule has 1 aromatic heterocycles. The highest BCUT2D eigenvalue weighted by atomic mass is 16.4. The number of hydrogen-bond acceptors (Lipinski definition) is 4. The Morgan fingerprint density at radius 2 is 2.37 bits per heavy atom. The van der Waals surface area contributed by atoms with E-state index in [1.807, 2.05) is 4.68 Å². The van der Waals surface area contributed by atoms with E-state index < -0.39 is 0 Å². The van der Waals surface area contributed by atoms with Crippen molar-refractivity contribution in [3.05, 3.63) is 18.0 Å². The lowest BCUT2D eigenvalue weighted by atomic mass is 9.97. The van der Waals surface area contributed by atoms with Crippen molar-refractivity contribution in [2.24, 2.45) is 11.1 Å². The third kappa shape index (κ3) is 3.35. The van der Waals surface area contributed by atoms with Crippen molar-refractivity contribution < 1.29 is 5.21 Å². The van der Waals surface area contributed by atoms with Gasteiger partial charge in [0.1, 0.15) is 0 Å². The predicted molar refractivity (Wildman–Crippen MR) is 75.5 cm³/mol. The third-order valence-electron chi connectivity index (χ3n) is 4.01. The van der Waals surface area contributed by atoms with Gasteiger partial charge in [0.05, 0.1) is 11.4 Å². The van der Waals surface area contributed by atoms with Crippen LogP contribution in [0.25, 0.3) is 0 Å². The Balaban J connectivity index is 1.93. The number of aromatic nitrogens is 2. The van der Waals surface area contributed by atoms with Crippen LogP contribution in [0.3, 0.4) is 0 Å². The highest BCUT2D eigenvalue weighted by Gasteiger charge is 2.23. The van der Waals surface area contributed by atoms with Gasteiger partial charge >= 0.3 is 0 Å². The van der Waals surface area contributed by atoms with Crippen molar-refractivity contribution in [3.63, 3.8) is 0 Å². The summed E-state index contributed by atoms with van der Waals surface area (Å²) in [6.07, 6.45) is 4.01. The van der Waals surface area contributed by atoms with Crippen molar-refractivity contribution >= 4 is 5.71 Å². The summed E-state index contributed by atoms with van der Waals surface area (Å²) in [7, 11) is 0. The van der Waals surface area contributed by atoms with Gasteiger partial charge in [-0.2, -0.15) is 5.10 Å². The number of rotatable bonds is 4. The fraction of sp³-hybridized carbons (Fsp3) is 0.714. The first-order valence-electron chi connectivity index (χ1n) is 7.11. The van der Waals surface area contributed by atoms with E-state index in [0.717, 1.165) is 43.9 Å². The lowest BCUT2D eigenvalue weighted by molar-refractivity contribution is 0.225. The average molecular weight is 264 g/mol. The number of piperidine rings is 1. The minimum Gasteiger partial charge on any atom is -0.411 e. The number of likely N-dealkylation sites (tertiary alicyclic amines) is 1. The Kier molecular flexibility index (Phi) is 4.58. The summed E-state index contributed by atoms with van der Waals surface area (Å²) in [6.45, 7) is 9.23. The molecule has 106 valence electrons. The van der Waals surface area contributed by atoms with Gasteiger partial charge in [0, 0.05) is 44.2 Å². The van der Waals surface area contributed by atoms with Crippen molar-refractivity contribution in [2.45, 2.75) is 46.2 Å². The standard InChI is InChI=1S/C14H24N4O/c1-4-12(3)18-8-5-13(15-18)10-17-7-6-14(16-19)11(2)9-17/h5,8,11-12,19H,4,6-7,9-10H2,1-3H3/b16-14-. The van der Waals surface area contributed by atoms with Gasteiger partial charge in [0.15, 0.2) is 0 Å². The minimum absolute atomic E-state index is 0.329. The molecule has 19 heavy (non-hydrogen) atoms. The molecule has 5 heteroatoms. The summed E-state index contributed by atoms with van der Waals surface area (Å²) in [5.74, 6) is 0.329. The molecular weight excluding hydrogens is 240 g/mol. The molecule has 1 fully saturated rings. The van der Waals surface area contributed by atoms with Gasteiger partial charge in [0.25, 0.3) is 0 Å². The van der Waals surface area contributed by atoms with Crippen LogP contribution in [0.1, 0.15) is 45.3 Å². The maximum atomic E-state index is 8.88. The average Bonchev–Trinajstić information content (AvgIpc) is 2.86. The highest BCUT2D eigenvalue weighted by molar-refractivity contribution is 5.86. The maximum Gasteiger partial charge on any atom is 0.0764 e. The first kappa shape index (κ1) is 14.1. The lowest BCUT2D eigenvalue weighted by Gasteiger charge is -2.30. The van der Waals surface area contributed by atoms with Crippen LogP contribution >= 0.6 is 0 Å². The van der Waals surface area contributed by atoms with Crippen LogP contribution < -0.4 is 0 Å². The SMILES string of the molecule is CCC(C)n1ccc(CN2CC/C(=N/O)C(C)C2)n1. The summed E-state index contributed by atoms with van der Waals surface area (Å²) in [4.78, 5) is 2.38. The number of oxime groups is 1. The van der Waals surface area contributed by atoms with Crippen LogP contribution in [0.5, 0.6) is 0 Å². The van der Waals surface area contributed by atoms with Crippen LogP contribution in [0.15, 0.2) is 17.4 Å². The molecule has 0 spiro atoms. The normalized spacial score (nSPS) is 24.8. The summed E-state index contributed by atoms with van der Waals surface area (Å²) in [5, 5.41) is 16.9. The molecule has 0 saturated carbocycles. The molecule has 0 aliphatic carbocycles. The zero-order valence-electron chi connectivity index (χ0n) is 12.1. The van der Waals surface area contributed by atoms with Crippen LogP contribution in [0, 0.1) is 5.92 Å². The quantitative estimate of drug-likeness (QED) is 0.671. The second-order valence-corrected chi connectivity index (χ2v) is 5.52. The van der Waals surface area contributed by atoms with Crippen molar-refractivity contribution in [3.8, 4) is 0 Å². The molecule has 1 saturated heterocycles. The van der Waals surface area contributed by atoms with Gasteiger partial charge in [-0.05, 0) is 19.4 Å². The summed E-state index contributed by atoms with van der Waals surface area (Å²) in [6, 6.07) is 2.56. The second kappa shape index (κ2) is 6.19. The van der Waals surface area contributed by atoms with Crippen LogP contribution in [0.2, 0.25) is 0 Å². The topological polar surface area (TPSA) is 53.7 Å². The monoisotopic (exact) mass is 264 g/mol. The van der Waals surface area contributed by atoms with E-state index in [2.05, 4.69) is 48.2 Å². The fourth-order valence-electron chi connectivity index (χ4n) is 2.52. The van der Waals surface area contributed by atoms with Gasteiger partial charge in [0.2, 0.25) is 0 Å². The molecule has 1 N–H and O–H groups in total. The number of hydrogen-bond donors (Lipinski definition) is 1. The molecule has 2 heterocycles. The van der Waals surface area contributed by atoms with Gasteiger partial charge in [-0.25, -0.2) is 0 Å². The molecule has 1 aliphatic heterocycles. The lowest BCUT2D eigenvalue weighted by Crippen LogP contribution is -2.39. The fourth-order valence-corrected chi connectivity index (χ4v) is 2.52. The van der Waals surface area contributed by atoms with E-state index in [1.165, 1.54) is 0 Å². The summed E-state index contributed by atoms with van der Waals surface area (Å²) >= 11 is 0. The van der Waals surface area contributed by atoms with Gasteiger partial charge in [-0.1, -0.05) is 19.0 Å². The van der Waals surface area contributed by atoms with E-state index >= 15 is 0 Å². The van der Waals surface area contributed by atoms with E-state index in [9.17, 15) is 0 Å². The Labute approximate surface area is 114 Å². The highest BCUT2D eigenvalue weighted by Crippen LogP contribution is 2.16. The molecule has 5 nitrogen and oxygen atoms in total. The first-order chi connectivity index (χ1) is 9.13. The molecule has 0 amide bonds. The van der Waals surface area contributed by atoms with Gasteiger partial charge in [-0.3, -0.25) is 9.58 Å². The van der Waals surface area contributed by atoms with E-state index in [1.54, 1.807) is 0 Å². The maximum absolute atomic E-state index is 8.88. The molecule has 0 aromatic carbocycles.